The van der Waals surface area contributed by atoms with Crippen LogP contribution in [0.4, 0.5) is 0 Å². The van der Waals surface area contributed by atoms with Crippen LogP contribution in [0.25, 0.3) is 0 Å². The summed E-state index contributed by atoms with van der Waals surface area (Å²) in [6.07, 6.45) is 3.76. The topological polar surface area (TPSA) is 52.6 Å². The van der Waals surface area contributed by atoms with Crippen LogP contribution in [0.15, 0.2) is 53.6 Å². The van der Waals surface area contributed by atoms with Crippen LogP contribution in [-0.4, -0.2) is 19.0 Å². The first-order valence-electron chi connectivity index (χ1n) is 7.22. The summed E-state index contributed by atoms with van der Waals surface area (Å²) in [4.78, 5) is 24.5. The molecule has 1 aliphatic rings. The van der Waals surface area contributed by atoms with E-state index in [0.717, 1.165) is 11.1 Å². The van der Waals surface area contributed by atoms with E-state index in [-0.39, 0.29) is 12.5 Å². The Hall–Kier alpha value is -2.36. The van der Waals surface area contributed by atoms with Gasteiger partial charge in [-0.1, -0.05) is 49.4 Å². The summed E-state index contributed by atoms with van der Waals surface area (Å²) < 4.78 is 10.2. The van der Waals surface area contributed by atoms with Crippen molar-refractivity contribution in [1.29, 1.82) is 0 Å². The van der Waals surface area contributed by atoms with Gasteiger partial charge in [0.25, 0.3) is 0 Å². The van der Waals surface area contributed by atoms with Crippen LogP contribution in [0.2, 0.25) is 0 Å². The molecule has 0 N–H and O–H groups in total. The lowest BCUT2D eigenvalue weighted by molar-refractivity contribution is -0.150. The highest BCUT2D eigenvalue weighted by Crippen LogP contribution is 2.32. The number of methoxy groups -OCH3 is 1. The maximum absolute atomic E-state index is 12.4. The molecular formula is C18H20O4. The summed E-state index contributed by atoms with van der Waals surface area (Å²) in [6, 6.07) is 9.44. The molecule has 4 nitrogen and oxygen atoms in total. The highest BCUT2D eigenvalue weighted by Gasteiger charge is 2.36. The van der Waals surface area contributed by atoms with E-state index in [9.17, 15) is 9.59 Å². The number of carbonyl (C=O) groups is 2. The molecule has 1 aromatic rings. The second kappa shape index (κ2) is 7.07. The van der Waals surface area contributed by atoms with Crippen molar-refractivity contribution in [2.75, 3.05) is 7.11 Å². The molecule has 116 valence electrons. The molecular weight excluding hydrogens is 280 g/mol. The van der Waals surface area contributed by atoms with Gasteiger partial charge in [0.2, 0.25) is 0 Å². The number of allylic oxidation sites excluding steroid dienone is 3. The highest BCUT2D eigenvalue weighted by molar-refractivity contribution is 5.97. The lowest BCUT2D eigenvalue weighted by Crippen LogP contribution is -2.31. The van der Waals surface area contributed by atoms with Crippen molar-refractivity contribution in [2.24, 2.45) is 11.8 Å². The number of benzene rings is 1. The Morgan fingerprint density at radius 3 is 2.50 bits per heavy atom. The fourth-order valence-corrected chi connectivity index (χ4v) is 2.55. The Labute approximate surface area is 130 Å². The Kier molecular flexibility index (Phi) is 5.15. The molecule has 0 unspecified atom stereocenters. The first-order valence-corrected chi connectivity index (χ1v) is 7.22. The maximum atomic E-state index is 12.4. The minimum Gasteiger partial charge on any atom is -0.469 e. The van der Waals surface area contributed by atoms with E-state index in [0.29, 0.717) is 5.57 Å². The van der Waals surface area contributed by atoms with Gasteiger partial charge in [-0.3, -0.25) is 4.79 Å². The number of rotatable bonds is 4. The van der Waals surface area contributed by atoms with Gasteiger partial charge in [-0.25, -0.2) is 4.79 Å². The van der Waals surface area contributed by atoms with Crippen molar-refractivity contribution in [3.63, 3.8) is 0 Å². The zero-order chi connectivity index (χ0) is 16.1. The SMILES string of the molecule is COC(=O)[C@H]1C(C(=O)OCc2ccccc2)=C(C)C=C[C@H]1C. The summed E-state index contributed by atoms with van der Waals surface area (Å²) in [5.41, 5.74) is 2.03. The highest BCUT2D eigenvalue weighted by atomic mass is 16.5. The quantitative estimate of drug-likeness (QED) is 0.802. The molecule has 0 bridgehead atoms. The van der Waals surface area contributed by atoms with Crippen LogP contribution in [0.3, 0.4) is 0 Å². The minimum atomic E-state index is -0.613. The summed E-state index contributed by atoms with van der Waals surface area (Å²) in [6.45, 7) is 3.87. The van der Waals surface area contributed by atoms with Crippen LogP contribution >= 0.6 is 0 Å². The molecule has 0 heterocycles. The molecule has 0 fully saturated rings. The number of carbonyl (C=O) groups excluding carboxylic acids is 2. The van der Waals surface area contributed by atoms with Gasteiger partial charge in [0.05, 0.1) is 18.6 Å². The second-order valence-electron chi connectivity index (χ2n) is 5.38. The van der Waals surface area contributed by atoms with Crippen LogP contribution < -0.4 is 0 Å². The predicted octanol–water partition coefficient (Wildman–Crippen LogP) is 3.04. The van der Waals surface area contributed by atoms with Crippen LogP contribution in [0.1, 0.15) is 19.4 Å². The smallest absolute Gasteiger partial charge is 0.335 e. The third-order valence-electron chi connectivity index (χ3n) is 3.80. The summed E-state index contributed by atoms with van der Waals surface area (Å²) in [7, 11) is 1.33. The van der Waals surface area contributed by atoms with Gasteiger partial charge in [-0.05, 0) is 24.0 Å². The lowest BCUT2D eigenvalue weighted by Gasteiger charge is -2.25. The number of hydrogen-bond acceptors (Lipinski definition) is 4. The van der Waals surface area contributed by atoms with E-state index in [1.54, 1.807) is 6.92 Å². The molecule has 0 radical (unpaired) electrons. The normalized spacial score (nSPS) is 20.7. The molecule has 1 aliphatic carbocycles. The van der Waals surface area contributed by atoms with E-state index < -0.39 is 17.9 Å². The van der Waals surface area contributed by atoms with E-state index in [2.05, 4.69) is 0 Å². The summed E-state index contributed by atoms with van der Waals surface area (Å²) in [5.74, 6) is -1.59. The van der Waals surface area contributed by atoms with Gasteiger partial charge in [-0.2, -0.15) is 0 Å². The Morgan fingerprint density at radius 1 is 1.18 bits per heavy atom. The van der Waals surface area contributed by atoms with Gasteiger partial charge in [-0.15, -0.1) is 0 Å². The fraction of sp³-hybridized carbons (Fsp3) is 0.333. The monoisotopic (exact) mass is 300 g/mol. The Bertz CT molecular complexity index is 613. The molecule has 1 aromatic carbocycles. The molecule has 0 saturated carbocycles. The summed E-state index contributed by atoms with van der Waals surface area (Å²) >= 11 is 0. The first kappa shape index (κ1) is 16.0. The van der Waals surface area contributed by atoms with Crippen molar-refractivity contribution in [1.82, 2.24) is 0 Å². The molecule has 0 saturated heterocycles. The average Bonchev–Trinajstić information content (AvgIpc) is 2.54. The fourth-order valence-electron chi connectivity index (χ4n) is 2.55. The van der Waals surface area contributed by atoms with E-state index in [1.165, 1.54) is 7.11 Å². The van der Waals surface area contributed by atoms with Gasteiger partial charge in [0.15, 0.2) is 0 Å². The third kappa shape index (κ3) is 3.45. The van der Waals surface area contributed by atoms with Gasteiger partial charge in [0.1, 0.15) is 6.61 Å². The van der Waals surface area contributed by atoms with E-state index >= 15 is 0 Å². The van der Waals surface area contributed by atoms with Crippen LogP contribution in [0.5, 0.6) is 0 Å². The van der Waals surface area contributed by atoms with Crippen LogP contribution in [-0.2, 0) is 25.7 Å². The van der Waals surface area contributed by atoms with E-state index in [1.807, 2.05) is 49.4 Å². The van der Waals surface area contributed by atoms with Crippen LogP contribution in [0, 0.1) is 11.8 Å². The number of esters is 2. The zero-order valence-electron chi connectivity index (χ0n) is 13.0. The Balaban J connectivity index is 2.17. The summed E-state index contributed by atoms with van der Waals surface area (Å²) in [5, 5.41) is 0. The van der Waals surface area contributed by atoms with Crippen molar-refractivity contribution in [3.8, 4) is 0 Å². The average molecular weight is 300 g/mol. The largest absolute Gasteiger partial charge is 0.469 e. The molecule has 2 rings (SSSR count). The maximum Gasteiger partial charge on any atom is 0.335 e. The van der Waals surface area contributed by atoms with Crippen molar-refractivity contribution < 1.29 is 19.1 Å². The van der Waals surface area contributed by atoms with Crippen molar-refractivity contribution >= 4 is 11.9 Å². The predicted molar refractivity (Wildman–Crippen MR) is 82.7 cm³/mol. The van der Waals surface area contributed by atoms with Gasteiger partial charge >= 0.3 is 11.9 Å². The Morgan fingerprint density at radius 2 is 1.86 bits per heavy atom. The standard InChI is InChI=1S/C18H20O4/c1-12-9-10-13(2)16(15(12)17(19)21-3)18(20)22-11-14-7-5-4-6-8-14/h4-10,12,15H,11H2,1-3H3/t12-,15-/m1/s1. The van der Waals surface area contributed by atoms with Crippen molar-refractivity contribution in [3.05, 3.63) is 59.2 Å². The van der Waals surface area contributed by atoms with Crippen molar-refractivity contribution in [2.45, 2.75) is 20.5 Å². The number of ether oxygens (including phenoxy) is 2. The first-order chi connectivity index (χ1) is 10.5. The molecule has 0 aliphatic heterocycles. The molecule has 2 atom stereocenters. The molecule has 22 heavy (non-hydrogen) atoms. The molecule has 0 aromatic heterocycles. The number of hydrogen-bond donors (Lipinski definition) is 0. The molecule has 0 amide bonds. The van der Waals surface area contributed by atoms with Gasteiger partial charge < -0.3 is 9.47 Å². The second-order valence-corrected chi connectivity index (χ2v) is 5.38. The molecule has 4 heteroatoms. The minimum absolute atomic E-state index is 0.101. The zero-order valence-corrected chi connectivity index (χ0v) is 13.0. The third-order valence-corrected chi connectivity index (χ3v) is 3.80. The molecule has 0 spiro atoms. The van der Waals surface area contributed by atoms with Gasteiger partial charge in [0, 0.05) is 0 Å². The van der Waals surface area contributed by atoms with E-state index in [4.69, 9.17) is 9.47 Å². The lowest BCUT2D eigenvalue weighted by atomic mass is 9.80.